The highest BCUT2D eigenvalue weighted by Gasteiger charge is 2.43. The van der Waals surface area contributed by atoms with E-state index in [0.29, 0.717) is 5.54 Å². The van der Waals surface area contributed by atoms with Crippen molar-refractivity contribution in [1.29, 1.82) is 0 Å². The second-order valence-corrected chi connectivity index (χ2v) is 7.12. The Morgan fingerprint density at radius 1 is 1.45 bits per heavy atom. The molecule has 1 atom stereocenters. The lowest BCUT2D eigenvalue weighted by Gasteiger charge is -2.42. The van der Waals surface area contributed by atoms with E-state index in [9.17, 15) is 0 Å². The zero-order chi connectivity index (χ0) is 14.0. The number of piperazine rings is 1. The summed E-state index contributed by atoms with van der Waals surface area (Å²) in [7, 11) is 0. The van der Waals surface area contributed by atoms with Crippen LogP contribution in [0.15, 0.2) is 28.7 Å². The molecule has 20 heavy (non-hydrogen) atoms. The maximum atomic E-state index is 5.84. The van der Waals surface area contributed by atoms with Crippen molar-refractivity contribution in [2.24, 2.45) is 5.92 Å². The molecule has 3 rings (SSSR count). The molecule has 110 valence electrons. The fourth-order valence-corrected chi connectivity index (χ4v) is 3.51. The normalized spacial score (nSPS) is 27.5. The Morgan fingerprint density at radius 2 is 2.30 bits per heavy atom. The number of hydrogen-bond acceptors (Lipinski definition) is 3. The summed E-state index contributed by atoms with van der Waals surface area (Å²) >= 11 is 3.47. The molecular formula is C16H23BrN2O. The van der Waals surface area contributed by atoms with Crippen LogP contribution in [0, 0.1) is 5.92 Å². The Labute approximate surface area is 129 Å². The lowest BCUT2D eigenvalue weighted by molar-refractivity contribution is 0.111. The number of nitrogens with zero attached hydrogens (tertiary/aromatic N) is 1. The zero-order valence-corrected chi connectivity index (χ0v) is 13.7. The Kier molecular flexibility index (Phi) is 4.34. The van der Waals surface area contributed by atoms with Crippen molar-refractivity contribution in [2.75, 3.05) is 32.8 Å². The van der Waals surface area contributed by atoms with Gasteiger partial charge in [-0.1, -0.05) is 22.0 Å². The van der Waals surface area contributed by atoms with Crippen LogP contribution in [0.1, 0.15) is 19.8 Å². The van der Waals surface area contributed by atoms with Crippen molar-refractivity contribution in [3.63, 3.8) is 0 Å². The molecule has 1 aliphatic carbocycles. The van der Waals surface area contributed by atoms with Crippen LogP contribution in [-0.4, -0.2) is 43.2 Å². The first kappa shape index (κ1) is 14.4. The van der Waals surface area contributed by atoms with Crippen molar-refractivity contribution in [2.45, 2.75) is 25.3 Å². The predicted molar refractivity (Wildman–Crippen MR) is 85.2 cm³/mol. The van der Waals surface area contributed by atoms with Gasteiger partial charge in [0.15, 0.2) is 0 Å². The van der Waals surface area contributed by atoms with Crippen molar-refractivity contribution in [3.8, 4) is 5.75 Å². The fourth-order valence-electron chi connectivity index (χ4n) is 3.13. The molecule has 1 aromatic rings. The summed E-state index contributed by atoms with van der Waals surface area (Å²) in [4.78, 5) is 2.53. The molecule has 2 aliphatic rings. The van der Waals surface area contributed by atoms with E-state index in [4.69, 9.17) is 4.74 Å². The summed E-state index contributed by atoms with van der Waals surface area (Å²) < 4.78 is 6.91. The third-order valence-electron chi connectivity index (χ3n) is 4.46. The van der Waals surface area contributed by atoms with Gasteiger partial charge in [0.2, 0.25) is 0 Å². The van der Waals surface area contributed by atoms with Crippen molar-refractivity contribution in [3.05, 3.63) is 28.7 Å². The molecule has 0 bridgehead atoms. The van der Waals surface area contributed by atoms with Crippen molar-refractivity contribution >= 4 is 15.9 Å². The largest absolute Gasteiger partial charge is 0.492 e. The van der Waals surface area contributed by atoms with Crippen LogP contribution in [-0.2, 0) is 0 Å². The van der Waals surface area contributed by atoms with Crippen molar-refractivity contribution < 1.29 is 4.74 Å². The number of nitrogens with one attached hydrogen (secondary N) is 1. The summed E-state index contributed by atoms with van der Waals surface area (Å²) in [5.74, 6) is 1.83. The first-order valence-electron chi connectivity index (χ1n) is 7.51. The van der Waals surface area contributed by atoms with Crippen LogP contribution in [0.4, 0.5) is 0 Å². The minimum atomic E-state index is 0.327. The predicted octanol–water partition coefficient (Wildman–Crippen LogP) is 2.90. The fraction of sp³-hybridized carbons (Fsp3) is 0.625. The molecular weight excluding hydrogens is 316 g/mol. The van der Waals surface area contributed by atoms with Gasteiger partial charge >= 0.3 is 0 Å². The van der Waals surface area contributed by atoms with E-state index in [1.54, 1.807) is 0 Å². The zero-order valence-electron chi connectivity index (χ0n) is 12.1. The minimum Gasteiger partial charge on any atom is -0.492 e. The van der Waals surface area contributed by atoms with Crippen LogP contribution in [0.5, 0.6) is 5.75 Å². The molecule has 0 aromatic heterocycles. The van der Waals surface area contributed by atoms with Gasteiger partial charge in [-0.2, -0.15) is 0 Å². The number of ether oxygens (including phenoxy) is 1. The molecule has 1 heterocycles. The van der Waals surface area contributed by atoms with Crippen LogP contribution < -0.4 is 10.1 Å². The standard InChI is InChI=1S/C16H23BrN2O/c1-16(13-5-6-13)12-19(8-7-18-16)9-10-20-15-4-2-3-14(17)11-15/h2-4,11,13,18H,5-10,12H2,1H3. The van der Waals surface area contributed by atoms with Gasteiger partial charge in [0.25, 0.3) is 0 Å². The molecule has 0 spiro atoms. The van der Waals surface area contributed by atoms with E-state index < -0.39 is 0 Å². The number of halogens is 1. The Morgan fingerprint density at radius 3 is 3.05 bits per heavy atom. The number of rotatable bonds is 5. The summed E-state index contributed by atoms with van der Waals surface area (Å²) in [6, 6.07) is 8.06. The molecule has 0 amide bonds. The molecule has 1 aromatic carbocycles. The topological polar surface area (TPSA) is 24.5 Å². The van der Waals surface area contributed by atoms with Gasteiger partial charge in [-0.05, 0) is 43.9 Å². The highest BCUT2D eigenvalue weighted by atomic mass is 79.9. The SMILES string of the molecule is CC1(C2CC2)CN(CCOc2cccc(Br)c2)CCN1. The van der Waals surface area contributed by atoms with Gasteiger partial charge in [0, 0.05) is 36.2 Å². The van der Waals surface area contributed by atoms with Gasteiger partial charge < -0.3 is 10.1 Å². The summed E-state index contributed by atoms with van der Waals surface area (Å²) in [6.07, 6.45) is 2.79. The van der Waals surface area contributed by atoms with Crippen LogP contribution in [0.2, 0.25) is 0 Å². The van der Waals surface area contributed by atoms with E-state index in [-0.39, 0.29) is 0 Å². The van der Waals surface area contributed by atoms with E-state index in [2.05, 4.69) is 33.1 Å². The number of benzene rings is 1. The third kappa shape index (κ3) is 3.54. The molecule has 1 saturated carbocycles. The van der Waals surface area contributed by atoms with Gasteiger partial charge in [0.05, 0.1) is 0 Å². The second-order valence-electron chi connectivity index (χ2n) is 6.20. The molecule has 1 saturated heterocycles. The highest BCUT2D eigenvalue weighted by molar-refractivity contribution is 9.10. The summed E-state index contributed by atoms with van der Waals surface area (Å²) in [5, 5.41) is 3.71. The van der Waals surface area contributed by atoms with E-state index >= 15 is 0 Å². The quantitative estimate of drug-likeness (QED) is 0.893. The van der Waals surface area contributed by atoms with Gasteiger partial charge in [-0.15, -0.1) is 0 Å². The minimum absolute atomic E-state index is 0.327. The van der Waals surface area contributed by atoms with E-state index in [1.807, 2.05) is 24.3 Å². The van der Waals surface area contributed by atoms with Crippen molar-refractivity contribution in [1.82, 2.24) is 10.2 Å². The average molecular weight is 339 g/mol. The molecule has 2 fully saturated rings. The first-order valence-corrected chi connectivity index (χ1v) is 8.31. The van der Waals surface area contributed by atoms with E-state index in [1.165, 1.54) is 12.8 Å². The van der Waals surface area contributed by atoms with Crippen LogP contribution in [0.25, 0.3) is 0 Å². The molecule has 3 nitrogen and oxygen atoms in total. The maximum Gasteiger partial charge on any atom is 0.120 e. The summed E-state index contributed by atoms with van der Waals surface area (Å²) in [5.41, 5.74) is 0.327. The average Bonchev–Trinajstić information content (AvgIpc) is 3.23. The summed E-state index contributed by atoms with van der Waals surface area (Å²) in [6.45, 7) is 7.53. The molecule has 1 aliphatic heterocycles. The van der Waals surface area contributed by atoms with E-state index in [0.717, 1.165) is 48.9 Å². The molecule has 0 radical (unpaired) electrons. The van der Waals surface area contributed by atoms with Gasteiger partial charge in [-0.25, -0.2) is 0 Å². The smallest absolute Gasteiger partial charge is 0.120 e. The van der Waals surface area contributed by atoms with Crippen LogP contribution in [0.3, 0.4) is 0 Å². The molecule has 4 heteroatoms. The highest BCUT2D eigenvalue weighted by Crippen LogP contribution is 2.40. The maximum absolute atomic E-state index is 5.84. The molecule has 1 N–H and O–H groups in total. The van der Waals surface area contributed by atoms with Gasteiger partial charge in [-0.3, -0.25) is 4.90 Å². The van der Waals surface area contributed by atoms with Gasteiger partial charge in [0.1, 0.15) is 12.4 Å². The third-order valence-corrected chi connectivity index (χ3v) is 4.95. The Hall–Kier alpha value is -0.580. The first-order chi connectivity index (χ1) is 9.66. The second kappa shape index (κ2) is 6.04. The number of hydrogen-bond donors (Lipinski definition) is 1. The Balaban J connectivity index is 1.46. The lowest BCUT2D eigenvalue weighted by atomic mass is 9.93. The lowest BCUT2D eigenvalue weighted by Crippen LogP contribution is -2.60. The Bertz CT molecular complexity index is 464. The molecule has 1 unspecified atom stereocenters. The van der Waals surface area contributed by atoms with Crippen LogP contribution >= 0.6 is 15.9 Å². The monoisotopic (exact) mass is 338 g/mol.